The zero-order valence-corrected chi connectivity index (χ0v) is 19.2. The van der Waals surface area contributed by atoms with Gasteiger partial charge in [-0.1, -0.05) is 18.2 Å². The van der Waals surface area contributed by atoms with Gasteiger partial charge in [-0.3, -0.25) is 10.1 Å². The van der Waals surface area contributed by atoms with E-state index in [0.29, 0.717) is 21.9 Å². The second-order valence-electron chi connectivity index (χ2n) is 7.97. The highest BCUT2D eigenvalue weighted by molar-refractivity contribution is 7.15. The summed E-state index contributed by atoms with van der Waals surface area (Å²) in [4.78, 5) is 33.2. The summed E-state index contributed by atoms with van der Waals surface area (Å²) in [5.41, 5.74) is 3.35. The number of nitrogens with one attached hydrogen (secondary N) is 3. The average molecular weight is 461 g/mol. The first-order valence-electron chi connectivity index (χ1n) is 10.6. The summed E-state index contributed by atoms with van der Waals surface area (Å²) in [5, 5.41) is 18.1. The number of carbonyl (C=O) groups is 2. The van der Waals surface area contributed by atoms with Crippen molar-refractivity contribution in [3.05, 3.63) is 75.8 Å². The number of likely N-dealkylation sites (N-methyl/N-ethyl adjacent to an activating group) is 1. The number of hydrogen-bond donors (Lipinski definition) is 3. The topological polar surface area (TPSA) is 110 Å². The molecule has 0 saturated heterocycles. The van der Waals surface area contributed by atoms with Crippen LogP contribution in [0.25, 0.3) is 0 Å². The zero-order valence-electron chi connectivity index (χ0n) is 18.4. The first-order valence-corrected chi connectivity index (χ1v) is 11.4. The van der Waals surface area contributed by atoms with Crippen LogP contribution in [0, 0.1) is 11.3 Å². The maximum absolute atomic E-state index is 12.8. The number of nitrogens with zero attached hydrogens (tertiary/aromatic N) is 3. The third-order valence-electron chi connectivity index (χ3n) is 5.39. The Bertz CT molecular complexity index is 1230. The van der Waals surface area contributed by atoms with E-state index in [1.54, 1.807) is 42.5 Å². The van der Waals surface area contributed by atoms with Crippen LogP contribution in [0.15, 0.2) is 48.5 Å². The standard InChI is InChI=1S/C24H24N6O2S/c1-15(26-23(32)27-19-8-3-5-16(11-19)13-25)17-6-4-7-18(12-17)22(31)29-24-28-20-9-10-30(2)14-21(20)33-24/h3-8,11-12,15H,9-10,14H2,1-2H3,(H2,26,27,32)(H,28,29,31)/t15-/m1/s1. The van der Waals surface area contributed by atoms with Gasteiger partial charge in [0.05, 0.1) is 23.4 Å². The summed E-state index contributed by atoms with van der Waals surface area (Å²) in [6, 6.07) is 15.1. The number of rotatable bonds is 5. The molecular weight excluding hydrogens is 436 g/mol. The van der Waals surface area contributed by atoms with Crippen molar-refractivity contribution in [3.8, 4) is 6.07 Å². The van der Waals surface area contributed by atoms with Crippen molar-refractivity contribution < 1.29 is 9.59 Å². The van der Waals surface area contributed by atoms with Crippen LogP contribution in [0.5, 0.6) is 0 Å². The Morgan fingerprint density at radius 3 is 2.82 bits per heavy atom. The van der Waals surface area contributed by atoms with E-state index in [2.05, 4.69) is 32.9 Å². The fraction of sp³-hybridized carbons (Fsp3) is 0.250. The number of benzene rings is 2. The van der Waals surface area contributed by atoms with Gasteiger partial charge in [-0.25, -0.2) is 9.78 Å². The SMILES string of the molecule is C[C@@H](NC(=O)Nc1cccc(C#N)c1)c1cccc(C(=O)Nc2nc3c(s2)CN(C)CC3)c1. The fourth-order valence-corrected chi connectivity index (χ4v) is 4.69. The van der Waals surface area contributed by atoms with E-state index in [-0.39, 0.29) is 11.9 Å². The van der Waals surface area contributed by atoms with Crippen molar-refractivity contribution in [2.75, 3.05) is 24.2 Å². The number of aromatic nitrogens is 1. The van der Waals surface area contributed by atoms with Gasteiger partial charge in [-0.05, 0) is 49.9 Å². The van der Waals surface area contributed by atoms with E-state index in [9.17, 15) is 9.59 Å². The van der Waals surface area contributed by atoms with Crippen LogP contribution in [0.2, 0.25) is 0 Å². The molecule has 0 unspecified atom stereocenters. The third kappa shape index (κ3) is 5.55. The Morgan fingerprint density at radius 2 is 2.00 bits per heavy atom. The van der Waals surface area contributed by atoms with Gasteiger partial charge in [0.25, 0.3) is 5.91 Å². The molecule has 0 spiro atoms. The predicted molar refractivity (Wildman–Crippen MR) is 128 cm³/mol. The van der Waals surface area contributed by atoms with Gasteiger partial charge >= 0.3 is 6.03 Å². The molecule has 0 saturated carbocycles. The Hall–Kier alpha value is -3.74. The molecular formula is C24H24N6O2S. The summed E-state index contributed by atoms with van der Waals surface area (Å²) in [7, 11) is 2.07. The third-order valence-corrected chi connectivity index (χ3v) is 6.39. The van der Waals surface area contributed by atoms with Crippen LogP contribution in [0.1, 0.15) is 45.0 Å². The van der Waals surface area contributed by atoms with Crippen molar-refractivity contribution in [1.29, 1.82) is 5.26 Å². The summed E-state index contributed by atoms with van der Waals surface area (Å²) in [5.74, 6) is -0.235. The van der Waals surface area contributed by atoms with E-state index < -0.39 is 6.03 Å². The van der Waals surface area contributed by atoms with Gasteiger partial charge in [0.2, 0.25) is 0 Å². The smallest absolute Gasteiger partial charge is 0.319 e. The van der Waals surface area contributed by atoms with E-state index in [1.807, 2.05) is 19.1 Å². The van der Waals surface area contributed by atoms with E-state index in [1.165, 1.54) is 16.2 Å². The molecule has 0 aliphatic carbocycles. The molecule has 1 aromatic heterocycles. The van der Waals surface area contributed by atoms with Crippen LogP contribution in [-0.2, 0) is 13.0 Å². The molecule has 1 aliphatic rings. The number of amides is 3. The zero-order chi connectivity index (χ0) is 23.4. The molecule has 168 valence electrons. The van der Waals surface area contributed by atoms with Crippen molar-refractivity contribution in [3.63, 3.8) is 0 Å². The molecule has 3 aromatic rings. The summed E-state index contributed by atoms with van der Waals surface area (Å²) in [6.45, 7) is 3.66. The number of carbonyl (C=O) groups excluding carboxylic acids is 2. The number of fused-ring (bicyclic) bond motifs is 1. The second-order valence-corrected chi connectivity index (χ2v) is 9.05. The molecule has 9 heteroatoms. The van der Waals surface area contributed by atoms with Crippen LogP contribution >= 0.6 is 11.3 Å². The highest BCUT2D eigenvalue weighted by Crippen LogP contribution is 2.28. The monoisotopic (exact) mass is 460 g/mol. The van der Waals surface area contributed by atoms with Crippen molar-refractivity contribution in [2.24, 2.45) is 0 Å². The molecule has 1 aliphatic heterocycles. The van der Waals surface area contributed by atoms with Crippen LogP contribution in [0.4, 0.5) is 15.6 Å². The molecule has 4 rings (SSSR count). The number of anilines is 2. The predicted octanol–water partition coefficient (Wildman–Crippen LogP) is 4.14. The Balaban J connectivity index is 1.39. The normalized spacial score (nSPS) is 14.0. The molecule has 0 fully saturated rings. The minimum atomic E-state index is -0.397. The molecule has 0 radical (unpaired) electrons. The van der Waals surface area contributed by atoms with Crippen LogP contribution in [-0.4, -0.2) is 35.4 Å². The maximum Gasteiger partial charge on any atom is 0.319 e. The molecule has 2 heterocycles. The largest absolute Gasteiger partial charge is 0.331 e. The van der Waals surface area contributed by atoms with E-state index in [4.69, 9.17) is 5.26 Å². The lowest BCUT2D eigenvalue weighted by atomic mass is 10.0. The average Bonchev–Trinajstić information content (AvgIpc) is 3.20. The van der Waals surface area contributed by atoms with Gasteiger partial charge in [-0.15, -0.1) is 11.3 Å². The number of hydrogen-bond acceptors (Lipinski definition) is 6. The minimum absolute atomic E-state index is 0.235. The summed E-state index contributed by atoms with van der Waals surface area (Å²) < 4.78 is 0. The minimum Gasteiger partial charge on any atom is -0.331 e. The summed E-state index contributed by atoms with van der Waals surface area (Å²) >= 11 is 1.51. The molecule has 2 aromatic carbocycles. The second kappa shape index (κ2) is 9.81. The van der Waals surface area contributed by atoms with Crippen LogP contribution in [0.3, 0.4) is 0 Å². The summed E-state index contributed by atoms with van der Waals surface area (Å²) in [6.07, 6.45) is 0.889. The first kappa shape index (κ1) is 22.5. The molecule has 0 bridgehead atoms. The van der Waals surface area contributed by atoms with E-state index in [0.717, 1.165) is 30.8 Å². The van der Waals surface area contributed by atoms with E-state index >= 15 is 0 Å². The lowest BCUT2D eigenvalue weighted by molar-refractivity contribution is 0.102. The van der Waals surface area contributed by atoms with Crippen LogP contribution < -0.4 is 16.0 Å². The van der Waals surface area contributed by atoms with Gasteiger partial charge in [0, 0.05) is 35.6 Å². The molecule has 33 heavy (non-hydrogen) atoms. The first-order chi connectivity index (χ1) is 15.9. The fourth-order valence-electron chi connectivity index (χ4n) is 3.61. The molecule has 3 amide bonds. The quantitative estimate of drug-likeness (QED) is 0.530. The molecule has 8 nitrogen and oxygen atoms in total. The number of thiazole rings is 1. The maximum atomic E-state index is 12.8. The highest BCUT2D eigenvalue weighted by atomic mass is 32.1. The van der Waals surface area contributed by atoms with Crippen molar-refractivity contribution in [1.82, 2.24) is 15.2 Å². The Morgan fingerprint density at radius 1 is 1.18 bits per heavy atom. The van der Waals surface area contributed by atoms with Gasteiger partial charge in [-0.2, -0.15) is 5.26 Å². The lowest BCUT2D eigenvalue weighted by Crippen LogP contribution is -2.31. The van der Waals surface area contributed by atoms with Crippen molar-refractivity contribution >= 4 is 34.1 Å². The highest BCUT2D eigenvalue weighted by Gasteiger charge is 2.20. The molecule has 3 N–H and O–H groups in total. The Labute approximate surface area is 196 Å². The van der Waals surface area contributed by atoms with Gasteiger partial charge in [0.1, 0.15) is 0 Å². The number of urea groups is 1. The Kier molecular flexibility index (Phi) is 6.68. The van der Waals surface area contributed by atoms with Crippen molar-refractivity contribution in [2.45, 2.75) is 25.9 Å². The lowest BCUT2D eigenvalue weighted by Gasteiger charge is -2.20. The molecule has 1 atom stereocenters. The van der Waals surface area contributed by atoms with Gasteiger partial charge < -0.3 is 15.5 Å². The number of nitriles is 1. The van der Waals surface area contributed by atoms with Gasteiger partial charge in [0.15, 0.2) is 5.13 Å².